The van der Waals surface area contributed by atoms with E-state index in [2.05, 4.69) is 11.7 Å². The first-order valence-corrected chi connectivity index (χ1v) is 5.96. The second-order valence-electron chi connectivity index (χ2n) is 4.30. The molecule has 1 atom stereocenters. The standard InChI is InChI=1S/C12H20O3/c1-2-3-4-5-6-10-7-8-11(13)15-12(14)9-10/h10H,2-9H2,1H3. The molecular formula is C12H20O3. The molecule has 3 nitrogen and oxygen atoms in total. The summed E-state index contributed by atoms with van der Waals surface area (Å²) in [5, 5.41) is 0. The van der Waals surface area contributed by atoms with Gasteiger partial charge in [0.25, 0.3) is 0 Å². The third-order valence-corrected chi connectivity index (χ3v) is 2.91. The molecule has 0 bridgehead atoms. The fourth-order valence-electron chi connectivity index (χ4n) is 1.99. The first-order chi connectivity index (χ1) is 7.22. The van der Waals surface area contributed by atoms with E-state index in [1.54, 1.807) is 0 Å². The highest BCUT2D eigenvalue weighted by atomic mass is 16.6. The van der Waals surface area contributed by atoms with Crippen molar-refractivity contribution in [2.75, 3.05) is 0 Å². The molecule has 1 aliphatic rings. The lowest BCUT2D eigenvalue weighted by atomic mass is 9.94. The molecule has 1 heterocycles. The first-order valence-electron chi connectivity index (χ1n) is 5.96. The molecule has 1 rings (SSSR count). The Bertz CT molecular complexity index is 223. The Hall–Kier alpha value is -0.860. The molecule has 0 aromatic rings. The quantitative estimate of drug-likeness (QED) is 0.400. The number of esters is 2. The molecule has 0 radical (unpaired) electrons. The highest BCUT2D eigenvalue weighted by Crippen LogP contribution is 2.23. The van der Waals surface area contributed by atoms with Crippen LogP contribution in [0.3, 0.4) is 0 Å². The van der Waals surface area contributed by atoms with E-state index in [0.717, 1.165) is 12.8 Å². The number of unbranched alkanes of at least 4 members (excludes halogenated alkanes) is 3. The van der Waals surface area contributed by atoms with Gasteiger partial charge in [0.2, 0.25) is 0 Å². The Morgan fingerprint density at radius 1 is 1.20 bits per heavy atom. The number of ether oxygens (including phenoxy) is 1. The molecule has 86 valence electrons. The van der Waals surface area contributed by atoms with Crippen LogP contribution in [0, 0.1) is 5.92 Å². The zero-order chi connectivity index (χ0) is 11.1. The largest absolute Gasteiger partial charge is 0.393 e. The Balaban J connectivity index is 2.22. The molecule has 1 unspecified atom stereocenters. The van der Waals surface area contributed by atoms with E-state index in [4.69, 9.17) is 0 Å². The van der Waals surface area contributed by atoms with E-state index in [1.807, 2.05) is 0 Å². The van der Waals surface area contributed by atoms with E-state index in [-0.39, 0.29) is 11.9 Å². The molecule has 0 spiro atoms. The lowest BCUT2D eigenvalue weighted by Crippen LogP contribution is -2.09. The van der Waals surface area contributed by atoms with Gasteiger partial charge in [0.05, 0.1) is 0 Å². The number of cyclic esters (lactones) is 2. The summed E-state index contributed by atoms with van der Waals surface area (Å²) in [6.07, 6.45) is 7.60. The third kappa shape index (κ3) is 4.96. The Kier molecular flexibility index (Phi) is 5.37. The molecule has 0 aromatic heterocycles. The number of hydrogen-bond donors (Lipinski definition) is 0. The topological polar surface area (TPSA) is 43.4 Å². The lowest BCUT2D eigenvalue weighted by Gasteiger charge is -2.10. The predicted octanol–water partition coefficient (Wildman–Crippen LogP) is 2.83. The summed E-state index contributed by atoms with van der Waals surface area (Å²) in [6.45, 7) is 2.18. The van der Waals surface area contributed by atoms with Crippen LogP contribution < -0.4 is 0 Å². The maximum absolute atomic E-state index is 11.1. The molecule has 15 heavy (non-hydrogen) atoms. The summed E-state index contributed by atoms with van der Waals surface area (Å²) in [4.78, 5) is 22.1. The van der Waals surface area contributed by atoms with Crippen molar-refractivity contribution in [3.05, 3.63) is 0 Å². The fraction of sp³-hybridized carbons (Fsp3) is 0.833. The van der Waals surface area contributed by atoms with Crippen LogP contribution in [0.5, 0.6) is 0 Å². The van der Waals surface area contributed by atoms with Crippen LogP contribution in [-0.4, -0.2) is 11.9 Å². The maximum atomic E-state index is 11.1. The smallest absolute Gasteiger partial charge is 0.313 e. The maximum Gasteiger partial charge on any atom is 0.313 e. The van der Waals surface area contributed by atoms with Gasteiger partial charge in [-0.05, 0) is 18.8 Å². The molecule has 3 heteroatoms. The Morgan fingerprint density at radius 3 is 2.73 bits per heavy atom. The second kappa shape index (κ2) is 6.59. The minimum Gasteiger partial charge on any atom is -0.393 e. The van der Waals surface area contributed by atoms with Crippen LogP contribution in [0.25, 0.3) is 0 Å². The second-order valence-corrected chi connectivity index (χ2v) is 4.30. The van der Waals surface area contributed by atoms with Crippen molar-refractivity contribution in [1.29, 1.82) is 0 Å². The summed E-state index contributed by atoms with van der Waals surface area (Å²) >= 11 is 0. The number of carbonyl (C=O) groups excluding carboxylic acids is 2. The van der Waals surface area contributed by atoms with Crippen molar-refractivity contribution in [3.63, 3.8) is 0 Å². The summed E-state index contributed by atoms with van der Waals surface area (Å²) in [7, 11) is 0. The Labute approximate surface area is 91.2 Å². The van der Waals surface area contributed by atoms with Gasteiger partial charge >= 0.3 is 11.9 Å². The number of hydrogen-bond acceptors (Lipinski definition) is 3. The molecular weight excluding hydrogens is 192 g/mol. The van der Waals surface area contributed by atoms with Crippen molar-refractivity contribution in [3.8, 4) is 0 Å². The summed E-state index contributed by atoms with van der Waals surface area (Å²) in [5.41, 5.74) is 0. The minimum absolute atomic E-state index is 0.335. The SMILES string of the molecule is CCCCCCC1CCC(=O)OC(=O)C1. The molecule has 0 aliphatic carbocycles. The molecule has 0 N–H and O–H groups in total. The van der Waals surface area contributed by atoms with Crippen LogP contribution >= 0.6 is 0 Å². The zero-order valence-electron chi connectivity index (χ0n) is 9.46. The van der Waals surface area contributed by atoms with Crippen molar-refractivity contribution < 1.29 is 14.3 Å². The van der Waals surface area contributed by atoms with Crippen molar-refractivity contribution in [2.45, 2.75) is 58.3 Å². The van der Waals surface area contributed by atoms with Crippen molar-refractivity contribution in [1.82, 2.24) is 0 Å². The zero-order valence-corrected chi connectivity index (χ0v) is 9.46. The van der Waals surface area contributed by atoms with Crippen LogP contribution in [0.2, 0.25) is 0 Å². The van der Waals surface area contributed by atoms with Crippen LogP contribution in [-0.2, 0) is 14.3 Å². The number of rotatable bonds is 5. The molecule has 0 amide bonds. The minimum atomic E-state index is -0.351. The van der Waals surface area contributed by atoms with Gasteiger partial charge in [-0.15, -0.1) is 0 Å². The Morgan fingerprint density at radius 2 is 2.00 bits per heavy atom. The number of carbonyl (C=O) groups is 2. The van der Waals surface area contributed by atoms with Gasteiger partial charge in [0.15, 0.2) is 0 Å². The van der Waals surface area contributed by atoms with E-state index in [1.165, 1.54) is 25.7 Å². The molecule has 0 aromatic carbocycles. The van der Waals surface area contributed by atoms with Gasteiger partial charge in [-0.2, -0.15) is 0 Å². The van der Waals surface area contributed by atoms with Gasteiger partial charge in [0, 0.05) is 12.8 Å². The van der Waals surface area contributed by atoms with Crippen LogP contribution in [0.4, 0.5) is 0 Å². The summed E-state index contributed by atoms with van der Waals surface area (Å²) in [6, 6.07) is 0. The van der Waals surface area contributed by atoms with Gasteiger partial charge in [-0.3, -0.25) is 9.59 Å². The van der Waals surface area contributed by atoms with Crippen molar-refractivity contribution in [2.24, 2.45) is 5.92 Å². The average Bonchev–Trinajstić information content (AvgIpc) is 2.35. The van der Waals surface area contributed by atoms with Crippen molar-refractivity contribution >= 4 is 11.9 Å². The lowest BCUT2D eigenvalue weighted by molar-refractivity contribution is -0.158. The normalized spacial score (nSPS) is 22.3. The van der Waals surface area contributed by atoms with Gasteiger partial charge in [-0.1, -0.05) is 32.6 Å². The van der Waals surface area contributed by atoms with E-state index in [0.29, 0.717) is 18.8 Å². The summed E-state index contributed by atoms with van der Waals surface area (Å²) in [5.74, 6) is -0.324. The monoisotopic (exact) mass is 212 g/mol. The fourth-order valence-corrected chi connectivity index (χ4v) is 1.99. The average molecular weight is 212 g/mol. The highest BCUT2D eigenvalue weighted by molar-refractivity contribution is 5.86. The molecule has 1 fully saturated rings. The van der Waals surface area contributed by atoms with Crippen LogP contribution in [0.1, 0.15) is 58.3 Å². The highest BCUT2D eigenvalue weighted by Gasteiger charge is 2.22. The first kappa shape index (κ1) is 12.2. The van der Waals surface area contributed by atoms with Gasteiger partial charge < -0.3 is 4.74 Å². The summed E-state index contributed by atoms with van der Waals surface area (Å²) < 4.78 is 4.59. The third-order valence-electron chi connectivity index (χ3n) is 2.91. The van der Waals surface area contributed by atoms with E-state index < -0.39 is 0 Å². The van der Waals surface area contributed by atoms with E-state index >= 15 is 0 Å². The van der Waals surface area contributed by atoms with Crippen LogP contribution in [0.15, 0.2) is 0 Å². The molecule has 0 saturated carbocycles. The predicted molar refractivity (Wildman–Crippen MR) is 57.2 cm³/mol. The van der Waals surface area contributed by atoms with Gasteiger partial charge in [0.1, 0.15) is 0 Å². The van der Waals surface area contributed by atoms with E-state index in [9.17, 15) is 9.59 Å². The van der Waals surface area contributed by atoms with Gasteiger partial charge in [-0.25, -0.2) is 0 Å². The molecule has 1 saturated heterocycles. The molecule has 1 aliphatic heterocycles.